The van der Waals surface area contributed by atoms with Crippen molar-refractivity contribution in [1.29, 1.82) is 0 Å². The Balaban J connectivity index is 2.53. The van der Waals surface area contributed by atoms with Crippen molar-refractivity contribution in [3.05, 3.63) is 0 Å². The molecule has 1 aliphatic rings. The van der Waals surface area contributed by atoms with Gasteiger partial charge in [0.25, 0.3) is 0 Å². The summed E-state index contributed by atoms with van der Waals surface area (Å²) in [4.78, 5) is 14.2. The van der Waals surface area contributed by atoms with Gasteiger partial charge in [-0.05, 0) is 45.6 Å². The Morgan fingerprint density at radius 2 is 2.12 bits per heavy atom. The summed E-state index contributed by atoms with van der Waals surface area (Å²) < 4.78 is 0. The Bertz CT molecular complexity index is 263. The summed E-state index contributed by atoms with van der Waals surface area (Å²) in [6, 6.07) is 0.367. The highest BCUT2D eigenvalue weighted by atomic mass is 16.2. The van der Waals surface area contributed by atoms with Gasteiger partial charge in [0.15, 0.2) is 0 Å². The SMILES string of the molecule is CCC(C)(C)N(C)C(=O)CC1NCCCC1C. The van der Waals surface area contributed by atoms with Crippen molar-refractivity contribution >= 4 is 5.91 Å². The van der Waals surface area contributed by atoms with Gasteiger partial charge in [-0.2, -0.15) is 0 Å². The van der Waals surface area contributed by atoms with Crippen LogP contribution >= 0.6 is 0 Å². The van der Waals surface area contributed by atoms with Gasteiger partial charge in [0.05, 0.1) is 0 Å². The Hall–Kier alpha value is -0.570. The molecule has 0 saturated carbocycles. The minimum Gasteiger partial charge on any atom is -0.341 e. The summed E-state index contributed by atoms with van der Waals surface area (Å²) >= 11 is 0. The molecule has 0 radical (unpaired) electrons. The van der Waals surface area contributed by atoms with Crippen LogP contribution in [0.4, 0.5) is 0 Å². The van der Waals surface area contributed by atoms with Crippen LogP contribution in [-0.4, -0.2) is 36.0 Å². The van der Waals surface area contributed by atoms with Crippen molar-refractivity contribution in [3.63, 3.8) is 0 Å². The summed E-state index contributed by atoms with van der Waals surface area (Å²) in [6.45, 7) is 9.69. The average Bonchev–Trinajstić information content (AvgIpc) is 2.31. The van der Waals surface area contributed by atoms with Gasteiger partial charge in [-0.25, -0.2) is 0 Å². The molecule has 1 saturated heterocycles. The maximum atomic E-state index is 12.2. The fraction of sp³-hybridized carbons (Fsp3) is 0.929. The van der Waals surface area contributed by atoms with E-state index in [2.05, 4.69) is 33.0 Å². The Kier molecular flexibility index (Phi) is 4.99. The number of piperidine rings is 1. The van der Waals surface area contributed by atoms with Crippen molar-refractivity contribution in [1.82, 2.24) is 10.2 Å². The van der Waals surface area contributed by atoms with Crippen LogP contribution in [0.3, 0.4) is 0 Å². The first-order valence-corrected chi connectivity index (χ1v) is 6.88. The molecule has 1 amide bonds. The molecule has 1 fully saturated rings. The van der Waals surface area contributed by atoms with Crippen molar-refractivity contribution in [3.8, 4) is 0 Å². The van der Waals surface area contributed by atoms with Crippen LogP contribution in [0.2, 0.25) is 0 Å². The normalized spacial score (nSPS) is 25.7. The largest absolute Gasteiger partial charge is 0.341 e. The quantitative estimate of drug-likeness (QED) is 0.818. The summed E-state index contributed by atoms with van der Waals surface area (Å²) in [5, 5.41) is 3.48. The Morgan fingerprint density at radius 3 is 2.65 bits per heavy atom. The lowest BCUT2D eigenvalue weighted by molar-refractivity contribution is -0.135. The Morgan fingerprint density at radius 1 is 1.47 bits per heavy atom. The maximum Gasteiger partial charge on any atom is 0.224 e. The zero-order chi connectivity index (χ0) is 13.1. The van der Waals surface area contributed by atoms with Crippen molar-refractivity contribution < 1.29 is 4.79 Å². The first kappa shape index (κ1) is 14.5. The Labute approximate surface area is 106 Å². The predicted molar refractivity (Wildman–Crippen MR) is 71.9 cm³/mol. The van der Waals surface area contributed by atoms with Gasteiger partial charge in [-0.3, -0.25) is 4.79 Å². The molecular weight excluding hydrogens is 212 g/mol. The number of nitrogens with zero attached hydrogens (tertiary/aromatic N) is 1. The average molecular weight is 240 g/mol. The van der Waals surface area contributed by atoms with E-state index in [0.717, 1.165) is 13.0 Å². The van der Waals surface area contributed by atoms with Crippen LogP contribution in [0, 0.1) is 5.92 Å². The summed E-state index contributed by atoms with van der Waals surface area (Å²) in [7, 11) is 1.93. The molecule has 0 aromatic carbocycles. The third-order valence-electron chi connectivity index (χ3n) is 4.47. The lowest BCUT2D eigenvalue weighted by Gasteiger charge is -2.37. The molecule has 2 unspecified atom stereocenters. The predicted octanol–water partition coefficient (Wildman–Crippen LogP) is 2.41. The van der Waals surface area contributed by atoms with Crippen molar-refractivity contribution in [2.24, 2.45) is 5.92 Å². The van der Waals surface area contributed by atoms with Crippen LogP contribution < -0.4 is 5.32 Å². The van der Waals surface area contributed by atoms with Crippen LogP contribution in [-0.2, 0) is 4.79 Å². The lowest BCUT2D eigenvalue weighted by atomic mass is 9.89. The molecule has 100 valence electrons. The molecular formula is C14H28N2O. The highest BCUT2D eigenvalue weighted by Crippen LogP contribution is 2.22. The van der Waals surface area contributed by atoms with E-state index in [9.17, 15) is 4.79 Å². The van der Waals surface area contributed by atoms with Gasteiger partial charge in [0.2, 0.25) is 5.91 Å². The van der Waals surface area contributed by atoms with Crippen LogP contribution in [0.5, 0.6) is 0 Å². The molecule has 0 spiro atoms. The summed E-state index contributed by atoms with van der Waals surface area (Å²) in [6.07, 6.45) is 4.11. The number of carbonyl (C=O) groups excluding carboxylic acids is 1. The number of amides is 1. The van der Waals surface area contributed by atoms with Gasteiger partial charge in [0, 0.05) is 25.0 Å². The summed E-state index contributed by atoms with van der Waals surface area (Å²) in [5.41, 5.74) is -0.0327. The molecule has 3 heteroatoms. The molecule has 17 heavy (non-hydrogen) atoms. The number of nitrogens with one attached hydrogen (secondary N) is 1. The third kappa shape index (κ3) is 3.70. The third-order valence-corrected chi connectivity index (χ3v) is 4.47. The van der Waals surface area contributed by atoms with E-state index < -0.39 is 0 Å². The molecule has 2 atom stereocenters. The lowest BCUT2D eigenvalue weighted by Crippen LogP contribution is -2.49. The van der Waals surface area contributed by atoms with E-state index in [4.69, 9.17) is 0 Å². The second-order valence-corrected chi connectivity index (χ2v) is 6.00. The first-order valence-electron chi connectivity index (χ1n) is 6.88. The topological polar surface area (TPSA) is 32.3 Å². The van der Waals surface area contributed by atoms with Gasteiger partial charge >= 0.3 is 0 Å². The molecule has 1 aliphatic heterocycles. The molecule has 3 nitrogen and oxygen atoms in total. The fourth-order valence-corrected chi connectivity index (χ4v) is 2.29. The van der Waals surface area contributed by atoms with Crippen molar-refractivity contribution in [2.45, 2.75) is 65.0 Å². The zero-order valence-corrected chi connectivity index (χ0v) is 12.0. The van der Waals surface area contributed by atoms with Crippen LogP contribution in [0.1, 0.15) is 53.4 Å². The van der Waals surface area contributed by atoms with Gasteiger partial charge < -0.3 is 10.2 Å². The second-order valence-electron chi connectivity index (χ2n) is 6.00. The van der Waals surface area contributed by atoms with Gasteiger partial charge in [-0.1, -0.05) is 13.8 Å². The minimum atomic E-state index is -0.0327. The van der Waals surface area contributed by atoms with E-state index >= 15 is 0 Å². The summed E-state index contributed by atoms with van der Waals surface area (Å²) in [5.74, 6) is 0.883. The smallest absolute Gasteiger partial charge is 0.224 e. The minimum absolute atomic E-state index is 0.0327. The van der Waals surface area contributed by atoms with E-state index in [0.29, 0.717) is 18.4 Å². The van der Waals surface area contributed by atoms with Crippen molar-refractivity contribution in [2.75, 3.05) is 13.6 Å². The zero-order valence-electron chi connectivity index (χ0n) is 12.0. The monoisotopic (exact) mass is 240 g/mol. The van der Waals surface area contributed by atoms with Crippen LogP contribution in [0.25, 0.3) is 0 Å². The van der Waals surface area contributed by atoms with E-state index in [1.54, 1.807) is 0 Å². The maximum absolute atomic E-state index is 12.2. The number of hydrogen-bond donors (Lipinski definition) is 1. The molecule has 0 bridgehead atoms. The second kappa shape index (κ2) is 5.85. The highest BCUT2D eigenvalue weighted by Gasteiger charge is 2.29. The van der Waals surface area contributed by atoms with Gasteiger partial charge in [-0.15, -0.1) is 0 Å². The first-order chi connectivity index (χ1) is 7.88. The van der Waals surface area contributed by atoms with E-state index in [1.807, 2.05) is 11.9 Å². The fourth-order valence-electron chi connectivity index (χ4n) is 2.29. The highest BCUT2D eigenvalue weighted by molar-refractivity contribution is 5.77. The van der Waals surface area contributed by atoms with E-state index in [-0.39, 0.29) is 11.4 Å². The van der Waals surface area contributed by atoms with E-state index in [1.165, 1.54) is 12.8 Å². The molecule has 0 aromatic rings. The molecule has 1 rings (SSSR count). The number of carbonyl (C=O) groups is 1. The molecule has 1 heterocycles. The number of rotatable bonds is 4. The number of hydrogen-bond acceptors (Lipinski definition) is 2. The van der Waals surface area contributed by atoms with Crippen LogP contribution in [0.15, 0.2) is 0 Å². The van der Waals surface area contributed by atoms with Gasteiger partial charge in [0.1, 0.15) is 0 Å². The standard InChI is InChI=1S/C14H28N2O/c1-6-14(3,4)16(5)13(17)10-12-11(2)8-7-9-15-12/h11-12,15H,6-10H2,1-5H3. The molecule has 0 aromatic heterocycles. The molecule has 1 N–H and O–H groups in total. The molecule has 0 aliphatic carbocycles.